The molecule has 1 saturated carbocycles. The molecule has 0 radical (unpaired) electrons. The van der Waals surface area contributed by atoms with Crippen molar-refractivity contribution in [2.45, 2.75) is 38.5 Å². The molecular weight excluding hydrogens is 273 g/mol. The zero-order chi connectivity index (χ0) is 15.2. The van der Waals surface area contributed by atoms with Crippen LogP contribution in [-0.2, 0) is 4.79 Å². The predicted octanol–water partition coefficient (Wildman–Crippen LogP) is 2.83. The highest BCUT2D eigenvalue weighted by Crippen LogP contribution is 2.26. The van der Waals surface area contributed by atoms with Crippen molar-refractivity contribution in [2.24, 2.45) is 16.8 Å². The monoisotopic (exact) mass is 293 g/mol. The summed E-state index contributed by atoms with van der Waals surface area (Å²) in [6.07, 6.45) is 6.28. The maximum atomic E-state index is 13.5. The summed E-state index contributed by atoms with van der Waals surface area (Å²) in [6.45, 7) is 0. The van der Waals surface area contributed by atoms with Gasteiger partial charge in [0.2, 0.25) is 5.91 Å². The second-order valence-electron chi connectivity index (χ2n) is 5.44. The molecule has 0 heterocycles. The second-order valence-corrected chi connectivity index (χ2v) is 5.44. The molecule has 21 heavy (non-hydrogen) atoms. The zero-order valence-corrected chi connectivity index (χ0v) is 11.8. The second kappa shape index (κ2) is 7.06. The van der Waals surface area contributed by atoms with Gasteiger partial charge in [-0.1, -0.05) is 24.4 Å². The van der Waals surface area contributed by atoms with Gasteiger partial charge in [-0.15, -0.1) is 0 Å². The van der Waals surface area contributed by atoms with E-state index in [-0.39, 0.29) is 17.3 Å². The molecule has 0 unspecified atom stereocenters. The number of benzene rings is 1. The molecule has 0 saturated heterocycles. The number of nitrogens with two attached hydrogens (primary N) is 1. The number of hydrogen-bond donors (Lipinski definition) is 3. The Bertz CT molecular complexity index is 540. The molecule has 6 heteroatoms. The third-order valence-corrected chi connectivity index (χ3v) is 3.83. The Kier molecular flexibility index (Phi) is 5.14. The highest BCUT2D eigenvalue weighted by atomic mass is 19.1. The Labute approximate surface area is 123 Å². The lowest BCUT2D eigenvalue weighted by molar-refractivity contribution is -0.117. The molecule has 1 aromatic rings. The fourth-order valence-electron chi connectivity index (χ4n) is 2.72. The summed E-state index contributed by atoms with van der Waals surface area (Å²) in [5.41, 5.74) is 5.80. The van der Waals surface area contributed by atoms with Crippen LogP contribution >= 0.6 is 0 Å². The summed E-state index contributed by atoms with van der Waals surface area (Å²) in [7, 11) is 0. The molecule has 1 aromatic carbocycles. The van der Waals surface area contributed by atoms with E-state index in [4.69, 9.17) is 10.9 Å². The van der Waals surface area contributed by atoms with E-state index < -0.39 is 5.82 Å². The van der Waals surface area contributed by atoms with E-state index in [0.717, 1.165) is 12.8 Å². The average molecular weight is 293 g/mol. The van der Waals surface area contributed by atoms with Crippen LogP contribution < -0.4 is 11.1 Å². The normalized spacial score (nSPS) is 16.7. The number of halogens is 1. The lowest BCUT2D eigenvalue weighted by Gasteiger charge is -2.20. The summed E-state index contributed by atoms with van der Waals surface area (Å²) in [5, 5.41) is 14.1. The molecule has 1 amide bonds. The first-order valence-electron chi connectivity index (χ1n) is 7.17. The Hall–Kier alpha value is -2.11. The first-order chi connectivity index (χ1) is 10.1. The van der Waals surface area contributed by atoms with E-state index in [1.54, 1.807) is 0 Å². The Balaban J connectivity index is 2.00. The molecule has 0 aromatic heterocycles. The van der Waals surface area contributed by atoms with Crippen molar-refractivity contribution < 1.29 is 14.4 Å². The van der Waals surface area contributed by atoms with Crippen LogP contribution in [0.1, 0.15) is 44.1 Å². The lowest BCUT2D eigenvalue weighted by atomic mass is 9.87. The smallest absolute Gasteiger partial charge is 0.224 e. The minimum absolute atomic E-state index is 0.0343. The van der Waals surface area contributed by atoms with Gasteiger partial charge in [0.05, 0.1) is 5.56 Å². The molecule has 1 aliphatic carbocycles. The molecule has 4 N–H and O–H groups in total. The Morgan fingerprint density at radius 1 is 1.38 bits per heavy atom. The van der Waals surface area contributed by atoms with Crippen LogP contribution in [-0.4, -0.2) is 17.0 Å². The third kappa shape index (κ3) is 4.18. The lowest BCUT2D eigenvalue weighted by Crippen LogP contribution is -2.19. The Morgan fingerprint density at radius 3 is 2.76 bits per heavy atom. The van der Waals surface area contributed by atoms with Crippen LogP contribution in [0.15, 0.2) is 23.4 Å². The van der Waals surface area contributed by atoms with Crippen molar-refractivity contribution >= 4 is 17.4 Å². The quantitative estimate of drug-likeness (QED) is 0.345. The number of carbonyl (C=O) groups excluding carboxylic acids is 1. The van der Waals surface area contributed by atoms with E-state index in [9.17, 15) is 9.18 Å². The molecule has 2 rings (SSSR count). The van der Waals surface area contributed by atoms with Gasteiger partial charge in [0.1, 0.15) is 5.82 Å². The molecule has 0 aliphatic heterocycles. The van der Waals surface area contributed by atoms with E-state index in [0.29, 0.717) is 18.0 Å². The van der Waals surface area contributed by atoms with E-state index in [1.807, 2.05) is 0 Å². The van der Waals surface area contributed by atoms with Gasteiger partial charge in [-0.05, 0) is 37.0 Å². The highest BCUT2D eigenvalue weighted by molar-refractivity contribution is 5.99. The number of oxime groups is 1. The summed E-state index contributed by atoms with van der Waals surface area (Å²) in [6, 6.07) is 4.01. The van der Waals surface area contributed by atoms with Gasteiger partial charge < -0.3 is 16.3 Å². The van der Waals surface area contributed by atoms with Gasteiger partial charge in [-0.3, -0.25) is 4.79 Å². The third-order valence-electron chi connectivity index (χ3n) is 3.83. The molecular formula is C15H20FN3O2. The summed E-state index contributed by atoms with van der Waals surface area (Å²) < 4.78 is 13.5. The highest BCUT2D eigenvalue weighted by Gasteiger charge is 2.17. The van der Waals surface area contributed by atoms with Gasteiger partial charge >= 0.3 is 0 Å². The van der Waals surface area contributed by atoms with Crippen LogP contribution in [0, 0.1) is 11.7 Å². The van der Waals surface area contributed by atoms with Crippen molar-refractivity contribution in [2.75, 3.05) is 5.32 Å². The number of hydrogen-bond acceptors (Lipinski definition) is 3. The first kappa shape index (κ1) is 15.3. The Morgan fingerprint density at radius 2 is 2.10 bits per heavy atom. The zero-order valence-electron chi connectivity index (χ0n) is 11.8. The number of anilines is 1. The van der Waals surface area contributed by atoms with Gasteiger partial charge in [-0.2, -0.15) is 0 Å². The van der Waals surface area contributed by atoms with Crippen LogP contribution in [0.3, 0.4) is 0 Å². The van der Waals surface area contributed by atoms with Crippen molar-refractivity contribution in [3.05, 3.63) is 29.6 Å². The number of amidine groups is 1. The SMILES string of the molecule is NC(=NO)c1cc(NC(=O)CC2CCCCC2)ccc1F. The minimum Gasteiger partial charge on any atom is -0.409 e. The average Bonchev–Trinajstić information content (AvgIpc) is 2.49. The van der Waals surface area contributed by atoms with Crippen molar-refractivity contribution in [3.63, 3.8) is 0 Å². The molecule has 0 atom stereocenters. The van der Waals surface area contributed by atoms with Gasteiger partial charge in [0.25, 0.3) is 0 Å². The molecule has 114 valence electrons. The van der Waals surface area contributed by atoms with Crippen molar-refractivity contribution in [1.82, 2.24) is 0 Å². The number of nitrogens with zero attached hydrogens (tertiary/aromatic N) is 1. The summed E-state index contributed by atoms with van der Waals surface area (Å²) in [5.74, 6) is -0.576. The molecule has 1 fully saturated rings. The number of amides is 1. The topological polar surface area (TPSA) is 87.7 Å². The number of nitrogens with one attached hydrogen (secondary N) is 1. The van der Waals surface area contributed by atoms with Crippen LogP contribution in [0.5, 0.6) is 0 Å². The fraction of sp³-hybridized carbons (Fsp3) is 0.467. The van der Waals surface area contributed by atoms with Crippen LogP contribution in [0.4, 0.5) is 10.1 Å². The van der Waals surface area contributed by atoms with Gasteiger partial charge in [-0.25, -0.2) is 4.39 Å². The summed E-state index contributed by atoms with van der Waals surface area (Å²) >= 11 is 0. The van der Waals surface area contributed by atoms with Crippen molar-refractivity contribution in [3.8, 4) is 0 Å². The molecule has 0 spiro atoms. The van der Waals surface area contributed by atoms with Gasteiger partial charge in [0, 0.05) is 12.1 Å². The van der Waals surface area contributed by atoms with E-state index in [2.05, 4.69) is 10.5 Å². The van der Waals surface area contributed by atoms with E-state index >= 15 is 0 Å². The molecule has 5 nitrogen and oxygen atoms in total. The minimum atomic E-state index is -0.601. The number of rotatable bonds is 4. The van der Waals surface area contributed by atoms with Crippen LogP contribution in [0.2, 0.25) is 0 Å². The molecule has 0 bridgehead atoms. The van der Waals surface area contributed by atoms with E-state index in [1.165, 1.54) is 37.5 Å². The maximum absolute atomic E-state index is 13.5. The predicted molar refractivity (Wildman–Crippen MR) is 78.7 cm³/mol. The number of carbonyl (C=O) groups is 1. The van der Waals surface area contributed by atoms with Crippen molar-refractivity contribution in [1.29, 1.82) is 0 Å². The standard InChI is InChI=1S/C15H20FN3O2/c16-13-7-6-11(9-12(13)15(17)19-21)18-14(20)8-10-4-2-1-3-5-10/h6-7,9-10,21H,1-5,8H2,(H2,17,19)(H,18,20). The van der Waals surface area contributed by atoms with Gasteiger partial charge in [0.15, 0.2) is 5.84 Å². The largest absolute Gasteiger partial charge is 0.409 e. The summed E-state index contributed by atoms with van der Waals surface area (Å²) in [4.78, 5) is 12.0. The maximum Gasteiger partial charge on any atom is 0.224 e. The van der Waals surface area contributed by atoms with Crippen LogP contribution in [0.25, 0.3) is 0 Å². The molecule has 1 aliphatic rings. The fourth-order valence-corrected chi connectivity index (χ4v) is 2.72. The first-order valence-corrected chi connectivity index (χ1v) is 7.17.